The average Bonchev–Trinajstić information content (AvgIpc) is 2.33. The lowest BCUT2D eigenvalue weighted by atomic mass is 10.4. The molecule has 0 aromatic carbocycles. The number of ether oxygens (including phenoxy) is 2. The molecular formula is C6H11NO2. The highest BCUT2D eigenvalue weighted by molar-refractivity contribution is 5.05. The van der Waals surface area contributed by atoms with Gasteiger partial charge in [-0.3, -0.25) is 0 Å². The van der Waals surface area contributed by atoms with Crippen LogP contribution < -0.4 is 5.32 Å². The van der Waals surface area contributed by atoms with Gasteiger partial charge >= 0.3 is 0 Å². The molecule has 0 spiro atoms. The first kappa shape index (κ1) is 6.26. The summed E-state index contributed by atoms with van der Waals surface area (Å²) in [4.78, 5) is 0. The van der Waals surface area contributed by atoms with E-state index >= 15 is 0 Å². The SMILES string of the molecule is COC1=C(OC)NCC1. The molecule has 3 heteroatoms. The maximum Gasteiger partial charge on any atom is 0.225 e. The first-order chi connectivity index (χ1) is 4.38. The van der Waals surface area contributed by atoms with Gasteiger partial charge in [-0.15, -0.1) is 0 Å². The van der Waals surface area contributed by atoms with Crippen molar-refractivity contribution in [1.82, 2.24) is 5.32 Å². The second-order valence-electron chi connectivity index (χ2n) is 1.84. The van der Waals surface area contributed by atoms with Crippen LogP contribution in [0.2, 0.25) is 0 Å². The summed E-state index contributed by atoms with van der Waals surface area (Å²) in [5, 5.41) is 3.04. The van der Waals surface area contributed by atoms with Gasteiger partial charge in [0.05, 0.1) is 14.2 Å². The normalized spacial score (nSPS) is 17.6. The molecule has 1 heterocycles. The molecule has 1 aliphatic heterocycles. The van der Waals surface area contributed by atoms with Crippen molar-refractivity contribution >= 4 is 0 Å². The van der Waals surface area contributed by atoms with Gasteiger partial charge in [-0.2, -0.15) is 0 Å². The summed E-state index contributed by atoms with van der Waals surface area (Å²) in [7, 11) is 3.29. The van der Waals surface area contributed by atoms with E-state index in [-0.39, 0.29) is 0 Å². The summed E-state index contributed by atoms with van der Waals surface area (Å²) >= 11 is 0. The summed E-state index contributed by atoms with van der Waals surface area (Å²) in [6.07, 6.45) is 0.930. The Labute approximate surface area is 54.6 Å². The van der Waals surface area contributed by atoms with Crippen LogP contribution in [0.5, 0.6) is 0 Å². The Morgan fingerprint density at radius 2 is 2.11 bits per heavy atom. The molecular weight excluding hydrogens is 118 g/mol. The molecule has 0 aromatic rings. The summed E-state index contributed by atoms with van der Waals surface area (Å²) in [5.41, 5.74) is 0. The third-order valence-electron chi connectivity index (χ3n) is 1.34. The summed E-state index contributed by atoms with van der Waals surface area (Å²) in [6.45, 7) is 0.923. The van der Waals surface area contributed by atoms with E-state index in [1.54, 1.807) is 14.2 Å². The molecule has 0 amide bonds. The molecule has 0 fully saturated rings. The van der Waals surface area contributed by atoms with Crippen LogP contribution in [-0.4, -0.2) is 20.8 Å². The van der Waals surface area contributed by atoms with Gasteiger partial charge in [0, 0.05) is 13.0 Å². The molecule has 1 N–H and O–H groups in total. The molecule has 0 aliphatic carbocycles. The monoisotopic (exact) mass is 129 g/mol. The Morgan fingerprint density at radius 1 is 1.33 bits per heavy atom. The minimum absolute atomic E-state index is 0.775. The fourth-order valence-corrected chi connectivity index (χ4v) is 0.882. The van der Waals surface area contributed by atoms with E-state index in [1.165, 1.54) is 0 Å². The zero-order valence-corrected chi connectivity index (χ0v) is 5.73. The van der Waals surface area contributed by atoms with Gasteiger partial charge in [0.15, 0.2) is 5.76 Å². The number of hydrogen-bond donors (Lipinski definition) is 1. The highest BCUT2D eigenvalue weighted by Gasteiger charge is 2.13. The second kappa shape index (κ2) is 2.62. The van der Waals surface area contributed by atoms with E-state index in [2.05, 4.69) is 5.32 Å². The zero-order chi connectivity index (χ0) is 6.69. The van der Waals surface area contributed by atoms with Crippen molar-refractivity contribution < 1.29 is 9.47 Å². The van der Waals surface area contributed by atoms with Crippen LogP contribution in [0.1, 0.15) is 6.42 Å². The summed E-state index contributed by atoms with van der Waals surface area (Å²) < 4.78 is 9.96. The van der Waals surface area contributed by atoms with Gasteiger partial charge in [0.25, 0.3) is 0 Å². The van der Waals surface area contributed by atoms with Crippen molar-refractivity contribution in [3.05, 3.63) is 11.6 Å². The lowest BCUT2D eigenvalue weighted by Gasteiger charge is -2.02. The predicted octanol–water partition coefficient (Wildman–Crippen LogP) is 0.442. The molecule has 0 unspecified atom stereocenters. The van der Waals surface area contributed by atoms with Crippen LogP contribution in [0.15, 0.2) is 11.6 Å². The number of hydrogen-bond acceptors (Lipinski definition) is 3. The van der Waals surface area contributed by atoms with Gasteiger partial charge in [0.2, 0.25) is 5.88 Å². The van der Waals surface area contributed by atoms with Crippen LogP contribution >= 0.6 is 0 Å². The first-order valence-electron chi connectivity index (χ1n) is 2.93. The highest BCUT2D eigenvalue weighted by Crippen LogP contribution is 2.13. The molecule has 1 rings (SSSR count). The molecule has 52 valence electrons. The smallest absolute Gasteiger partial charge is 0.225 e. The first-order valence-corrected chi connectivity index (χ1v) is 2.93. The van der Waals surface area contributed by atoms with Crippen LogP contribution in [0, 0.1) is 0 Å². The minimum Gasteiger partial charge on any atom is -0.495 e. The average molecular weight is 129 g/mol. The lowest BCUT2D eigenvalue weighted by Crippen LogP contribution is -2.08. The molecule has 1 aliphatic rings. The lowest BCUT2D eigenvalue weighted by molar-refractivity contribution is 0.217. The number of methoxy groups -OCH3 is 2. The highest BCUT2D eigenvalue weighted by atomic mass is 16.5. The summed E-state index contributed by atoms with van der Waals surface area (Å²) in [6, 6.07) is 0. The maximum atomic E-state index is 5.01. The van der Waals surface area contributed by atoms with Gasteiger partial charge in [0.1, 0.15) is 0 Å². The van der Waals surface area contributed by atoms with Gasteiger partial charge in [-0.05, 0) is 0 Å². The predicted molar refractivity (Wildman–Crippen MR) is 33.7 cm³/mol. The number of rotatable bonds is 2. The fourth-order valence-electron chi connectivity index (χ4n) is 0.882. The van der Waals surface area contributed by atoms with Gasteiger partial charge < -0.3 is 14.8 Å². The Balaban J connectivity index is 2.59. The van der Waals surface area contributed by atoms with Crippen LogP contribution in [0.4, 0.5) is 0 Å². The third kappa shape index (κ3) is 1.09. The Hall–Kier alpha value is -0.860. The topological polar surface area (TPSA) is 30.5 Å². The van der Waals surface area contributed by atoms with Crippen LogP contribution in [0.25, 0.3) is 0 Å². The molecule has 3 nitrogen and oxygen atoms in total. The fraction of sp³-hybridized carbons (Fsp3) is 0.667. The van der Waals surface area contributed by atoms with Crippen molar-refractivity contribution in [2.24, 2.45) is 0 Å². The largest absolute Gasteiger partial charge is 0.495 e. The standard InChI is InChI=1S/C6H11NO2/c1-8-5-3-4-7-6(5)9-2/h7H,3-4H2,1-2H3. The molecule has 0 saturated heterocycles. The van der Waals surface area contributed by atoms with Crippen molar-refractivity contribution in [3.8, 4) is 0 Å². The van der Waals surface area contributed by atoms with Crippen molar-refractivity contribution in [3.63, 3.8) is 0 Å². The van der Waals surface area contributed by atoms with E-state index in [9.17, 15) is 0 Å². The van der Waals surface area contributed by atoms with E-state index < -0.39 is 0 Å². The quantitative estimate of drug-likeness (QED) is 0.587. The Bertz CT molecular complexity index is 117. The number of nitrogens with one attached hydrogen (secondary N) is 1. The minimum atomic E-state index is 0.775. The van der Waals surface area contributed by atoms with Gasteiger partial charge in [-0.25, -0.2) is 0 Å². The molecule has 0 radical (unpaired) electrons. The zero-order valence-electron chi connectivity index (χ0n) is 5.73. The van der Waals surface area contributed by atoms with Gasteiger partial charge in [-0.1, -0.05) is 0 Å². The maximum absolute atomic E-state index is 5.01. The van der Waals surface area contributed by atoms with Crippen LogP contribution in [-0.2, 0) is 9.47 Å². The van der Waals surface area contributed by atoms with E-state index in [4.69, 9.17) is 9.47 Å². The molecule has 0 aromatic heterocycles. The van der Waals surface area contributed by atoms with Crippen molar-refractivity contribution in [1.29, 1.82) is 0 Å². The van der Waals surface area contributed by atoms with E-state index in [0.717, 1.165) is 24.6 Å². The van der Waals surface area contributed by atoms with E-state index in [0.29, 0.717) is 0 Å². The second-order valence-corrected chi connectivity index (χ2v) is 1.84. The molecule has 0 saturated carbocycles. The molecule has 0 atom stereocenters. The Kier molecular flexibility index (Phi) is 1.82. The summed E-state index contributed by atoms with van der Waals surface area (Å²) in [5.74, 6) is 1.69. The Morgan fingerprint density at radius 3 is 2.56 bits per heavy atom. The molecule has 0 bridgehead atoms. The molecule has 9 heavy (non-hydrogen) atoms. The van der Waals surface area contributed by atoms with Crippen molar-refractivity contribution in [2.75, 3.05) is 20.8 Å². The van der Waals surface area contributed by atoms with E-state index in [1.807, 2.05) is 0 Å². The van der Waals surface area contributed by atoms with Crippen molar-refractivity contribution in [2.45, 2.75) is 6.42 Å². The third-order valence-corrected chi connectivity index (χ3v) is 1.34. The van der Waals surface area contributed by atoms with Crippen LogP contribution in [0.3, 0.4) is 0 Å².